The van der Waals surface area contributed by atoms with Crippen molar-refractivity contribution >= 4 is 5.96 Å². The number of guanidine groups is 1. The summed E-state index contributed by atoms with van der Waals surface area (Å²) in [5, 5.41) is 6.30. The number of rotatable bonds is 9. The van der Waals surface area contributed by atoms with E-state index in [-0.39, 0.29) is 18.5 Å². The number of nitrogens with zero attached hydrogens (tertiary/aromatic N) is 1. The molecular formula is C21H25F4N3O2. The number of ether oxygens (including phenoxy) is 2. The van der Waals surface area contributed by atoms with Gasteiger partial charge in [0.15, 0.2) is 5.96 Å². The third-order valence-corrected chi connectivity index (χ3v) is 4.22. The summed E-state index contributed by atoms with van der Waals surface area (Å²) in [5.74, 6) is 0.244. The van der Waals surface area contributed by atoms with Gasteiger partial charge < -0.3 is 20.1 Å². The molecule has 0 amide bonds. The van der Waals surface area contributed by atoms with Crippen LogP contribution < -0.4 is 10.6 Å². The van der Waals surface area contributed by atoms with Crippen LogP contribution >= 0.6 is 0 Å². The fourth-order valence-electron chi connectivity index (χ4n) is 2.65. The van der Waals surface area contributed by atoms with E-state index < -0.39 is 12.8 Å². The average molecular weight is 427 g/mol. The van der Waals surface area contributed by atoms with Crippen LogP contribution in [0, 0.1) is 5.82 Å². The number of benzene rings is 2. The Balaban J connectivity index is 1.80. The van der Waals surface area contributed by atoms with Crippen LogP contribution in [0.15, 0.2) is 53.5 Å². The first-order valence-electron chi connectivity index (χ1n) is 9.26. The number of hydrogen-bond donors (Lipinski definition) is 2. The van der Waals surface area contributed by atoms with E-state index in [1.54, 1.807) is 38.4 Å². The summed E-state index contributed by atoms with van der Waals surface area (Å²) in [5.41, 5.74) is 2.43. The number of nitrogens with one attached hydrogen (secondary N) is 2. The first kappa shape index (κ1) is 23.6. The molecule has 0 saturated heterocycles. The molecule has 2 aromatic carbocycles. The number of alkyl halides is 3. The fourth-order valence-corrected chi connectivity index (χ4v) is 2.65. The van der Waals surface area contributed by atoms with Crippen LogP contribution in [0.3, 0.4) is 0 Å². The van der Waals surface area contributed by atoms with E-state index in [1.165, 1.54) is 12.1 Å². The smallest absolute Gasteiger partial charge is 0.375 e. The molecular weight excluding hydrogens is 402 g/mol. The predicted octanol–water partition coefficient (Wildman–Crippen LogP) is 3.96. The van der Waals surface area contributed by atoms with E-state index in [0.29, 0.717) is 24.6 Å². The van der Waals surface area contributed by atoms with Crippen LogP contribution in [0.5, 0.6) is 0 Å². The second kappa shape index (κ2) is 11.5. The maximum Gasteiger partial charge on any atom is 0.411 e. The van der Waals surface area contributed by atoms with Gasteiger partial charge in [0, 0.05) is 27.2 Å². The molecule has 0 heterocycles. The summed E-state index contributed by atoms with van der Waals surface area (Å²) >= 11 is 0. The zero-order chi connectivity index (χ0) is 22.0. The molecule has 9 heteroatoms. The fraction of sp³-hybridized carbons (Fsp3) is 0.381. The molecule has 0 spiro atoms. The summed E-state index contributed by atoms with van der Waals surface area (Å²) in [6.45, 7) is -0.466. The van der Waals surface area contributed by atoms with Crippen molar-refractivity contribution in [3.8, 4) is 0 Å². The average Bonchev–Trinajstić information content (AvgIpc) is 2.72. The number of hydrogen-bond acceptors (Lipinski definition) is 3. The molecule has 2 N–H and O–H groups in total. The first-order chi connectivity index (χ1) is 14.3. The second-order valence-corrected chi connectivity index (χ2v) is 6.51. The van der Waals surface area contributed by atoms with Crippen LogP contribution in [0.4, 0.5) is 17.6 Å². The van der Waals surface area contributed by atoms with E-state index in [1.807, 2.05) is 12.1 Å². The molecule has 164 valence electrons. The van der Waals surface area contributed by atoms with Crippen molar-refractivity contribution in [3.05, 3.63) is 71.0 Å². The van der Waals surface area contributed by atoms with Gasteiger partial charge >= 0.3 is 6.18 Å². The molecule has 0 saturated carbocycles. The van der Waals surface area contributed by atoms with Crippen LogP contribution in [0.2, 0.25) is 0 Å². The van der Waals surface area contributed by atoms with Crippen molar-refractivity contribution in [2.45, 2.75) is 25.4 Å². The van der Waals surface area contributed by atoms with Gasteiger partial charge in [0.2, 0.25) is 0 Å². The molecule has 0 aliphatic heterocycles. The highest BCUT2D eigenvalue weighted by molar-refractivity contribution is 5.79. The van der Waals surface area contributed by atoms with Crippen molar-refractivity contribution < 1.29 is 27.0 Å². The Morgan fingerprint density at radius 3 is 2.20 bits per heavy atom. The molecule has 5 nitrogen and oxygen atoms in total. The lowest BCUT2D eigenvalue weighted by molar-refractivity contribution is -0.176. The molecule has 0 bridgehead atoms. The molecule has 0 fully saturated rings. The maximum atomic E-state index is 13.1. The van der Waals surface area contributed by atoms with Gasteiger partial charge in [0.05, 0.1) is 12.7 Å². The van der Waals surface area contributed by atoms with Crippen LogP contribution in [0.25, 0.3) is 0 Å². The van der Waals surface area contributed by atoms with Crippen molar-refractivity contribution in [2.75, 3.05) is 27.3 Å². The zero-order valence-corrected chi connectivity index (χ0v) is 16.8. The monoisotopic (exact) mass is 427 g/mol. The van der Waals surface area contributed by atoms with Crippen LogP contribution in [-0.2, 0) is 22.6 Å². The molecule has 0 aromatic heterocycles. The van der Waals surface area contributed by atoms with E-state index in [4.69, 9.17) is 4.74 Å². The zero-order valence-electron chi connectivity index (χ0n) is 16.8. The summed E-state index contributed by atoms with van der Waals surface area (Å²) in [7, 11) is 3.21. The van der Waals surface area contributed by atoms with Gasteiger partial charge in [-0.15, -0.1) is 0 Å². The minimum absolute atomic E-state index is 0.0990. The highest BCUT2D eigenvalue weighted by Gasteiger charge is 2.27. The Morgan fingerprint density at radius 2 is 1.63 bits per heavy atom. The Hall–Kier alpha value is -2.65. The van der Waals surface area contributed by atoms with Crippen molar-refractivity contribution in [1.29, 1.82) is 0 Å². The Labute approximate surface area is 173 Å². The molecule has 1 atom stereocenters. The topological polar surface area (TPSA) is 54.9 Å². The van der Waals surface area contributed by atoms with E-state index in [9.17, 15) is 17.6 Å². The molecule has 2 rings (SSSR count). The lowest BCUT2D eigenvalue weighted by Gasteiger charge is -2.19. The third-order valence-electron chi connectivity index (χ3n) is 4.22. The second-order valence-electron chi connectivity index (χ2n) is 6.51. The number of halogens is 4. The third kappa shape index (κ3) is 8.38. The highest BCUT2D eigenvalue weighted by Crippen LogP contribution is 2.17. The molecule has 2 aromatic rings. The Morgan fingerprint density at radius 1 is 1.00 bits per heavy atom. The van der Waals surface area contributed by atoms with Gasteiger partial charge in [0.25, 0.3) is 0 Å². The molecule has 1 unspecified atom stereocenters. The van der Waals surface area contributed by atoms with E-state index in [0.717, 1.165) is 11.1 Å². The lowest BCUT2D eigenvalue weighted by atomic mass is 10.1. The van der Waals surface area contributed by atoms with Gasteiger partial charge in [-0.3, -0.25) is 4.99 Å². The van der Waals surface area contributed by atoms with Gasteiger partial charge in [-0.25, -0.2) is 4.39 Å². The predicted molar refractivity (Wildman–Crippen MR) is 107 cm³/mol. The first-order valence-corrected chi connectivity index (χ1v) is 9.26. The van der Waals surface area contributed by atoms with Gasteiger partial charge in [0.1, 0.15) is 12.4 Å². The minimum Gasteiger partial charge on any atom is -0.375 e. The van der Waals surface area contributed by atoms with Crippen molar-refractivity contribution in [3.63, 3.8) is 0 Å². The normalized spacial score (nSPS) is 13.2. The summed E-state index contributed by atoms with van der Waals surface area (Å²) in [4.78, 5) is 4.15. The quantitative estimate of drug-likeness (QED) is 0.361. The largest absolute Gasteiger partial charge is 0.411 e. The minimum atomic E-state index is -4.33. The summed E-state index contributed by atoms with van der Waals surface area (Å²) < 4.78 is 59.5. The van der Waals surface area contributed by atoms with Crippen molar-refractivity contribution in [2.24, 2.45) is 4.99 Å². The van der Waals surface area contributed by atoms with Gasteiger partial charge in [-0.2, -0.15) is 13.2 Å². The van der Waals surface area contributed by atoms with E-state index in [2.05, 4.69) is 20.4 Å². The van der Waals surface area contributed by atoms with E-state index >= 15 is 0 Å². The summed E-state index contributed by atoms with van der Waals surface area (Å²) in [6.07, 6.45) is -4.61. The van der Waals surface area contributed by atoms with Crippen molar-refractivity contribution in [1.82, 2.24) is 10.6 Å². The highest BCUT2D eigenvalue weighted by atomic mass is 19.4. The number of aliphatic imine (C=N–C) groups is 1. The standard InChI is InChI=1S/C21H25F4N3O2/c1-26-20(28-12-19(29-2)17-7-9-18(22)10-8-17)27-11-15-3-5-16(6-4-15)13-30-14-21(23,24)25/h3-10,19H,11-14H2,1-2H3,(H2,26,27,28). The van der Waals surface area contributed by atoms with Gasteiger partial charge in [-0.1, -0.05) is 36.4 Å². The summed E-state index contributed by atoms with van der Waals surface area (Å²) in [6, 6.07) is 13.2. The van der Waals surface area contributed by atoms with Crippen LogP contribution in [-0.4, -0.2) is 39.4 Å². The molecule has 0 aliphatic carbocycles. The molecule has 0 aliphatic rings. The molecule has 0 radical (unpaired) electrons. The molecule has 30 heavy (non-hydrogen) atoms. The SMILES string of the molecule is CN=C(NCc1ccc(COCC(F)(F)F)cc1)NCC(OC)c1ccc(F)cc1. The Bertz CT molecular complexity index is 793. The maximum absolute atomic E-state index is 13.1. The lowest BCUT2D eigenvalue weighted by Crippen LogP contribution is -2.39. The Kier molecular flexibility index (Phi) is 9.07. The number of methoxy groups -OCH3 is 1. The van der Waals surface area contributed by atoms with Crippen LogP contribution in [0.1, 0.15) is 22.8 Å². The van der Waals surface area contributed by atoms with Gasteiger partial charge in [-0.05, 0) is 28.8 Å².